The van der Waals surface area contributed by atoms with E-state index in [0.717, 1.165) is 24.3 Å². The van der Waals surface area contributed by atoms with Crippen LogP contribution in [0.5, 0.6) is 0 Å². The summed E-state index contributed by atoms with van der Waals surface area (Å²) in [4.78, 5) is 6.18. The van der Waals surface area contributed by atoms with Crippen LogP contribution in [-0.4, -0.2) is 18.1 Å². The molecule has 17 heavy (non-hydrogen) atoms. The van der Waals surface area contributed by atoms with E-state index in [-0.39, 0.29) is 5.82 Å². The van der Waals surface area contributed by atoms with Crippen LogP contribution in [0.4, 0.5) is 10.1 Å². The third kappa shape index (κ3) is 2.47. The fraction of sp³-hybridized carbons (Fsp3) is 0.308. The predicted octanol–water partition coefficient (Wildman–Crippen LogP) is 3.80. The van der Waals surface area contributed by atoms with Gasteiger partial charge in [0.25, 0.3) is 0 Å². The van der Waals surface area contributed by atoms with Crippen molar-refractivity contribution in [2.45, 2.75) is 13.8 Å². The molecule has 0 amide bonds. The van der Waals surface area contributed by atoms with Crippen molar-refractivity contribution >= 4 is 17.0 Å². The standard InChI is InChI=1S/C13H15FN2S/c1-3-16(4-2)13-6-5-10(7-11(13)14)12-8-17-9-15-12/h5-9H,3-4H2,1-2H3. The van der Waals surface area contributed by atoms with Gasteiger partial charge in [0, 0.05) is 24.0 Å². The molecule has 2 rings (SSSR count). The summed E-state index contributed by atoms with van der Waals surface area (Å²) in [5.74, 6) is -0.181. The average molecular weight is 250 g/mol. The molecule has 90 valence electrons. The summed E-state index contributed by atoms with van der Waals surface area (Å²) in [5.41, 5.74) is 4.08. The highest BCUT2D eigenvalue weighted by Gasteiger charge is 2.10. The summed E-state index contributed by atoms with van der Waals surface area (Å²) in [6.45, 7) is 5.67. The lowest BCUT2D eigenvalue weighted by atomic mass is 10.1. The van der Waals surface area contributed by atoms with Gasteiger partial charge in [-0.05, 0) is 26.0 Å². The van der Waals surface area contributed by atoms with Crippen molar-refractivity contribution in [1.29, 1.82) is 0 Å². The molecule has 2 nitrogen and oxygen atoms in total. The van der Waals surface area contributed by atoms with Crippen molar-refractivity contribution in [2.24, 2.45) is 0 Å². The second-order valence-corrected chi connectivity index (χ2v) is 4.43. The molecule has 0 fully saturated rings. The van der Waals surface area contributed by atoms with Crippen LogP contribution in [0.25, 0.3) is 11.3 Å². The van der Waals surface area contributed by atoms with Crippen LogP contribution in [0, 0.1) is 5.82 Å². The molecule has 0 saturated carbocycles. The third-order valence-electron chi connectivity index (χ3n) is 2.78. The summed E-state index contributed by atoms with van der Waals surface area (Å²) in [6.07, 6.45) is 0. The number of rotatable bonds is 4. The number of aromatic nitrogens is 1. The molecule has 0 atom stereocenters. The minimum atomic E-state index is -0.181. The number of benzene rings is 1. The van der Waals surface area contributed by atoms with Gasteiger partial charge in [0.2, 0.25) is 0 Å². The van der Waals surface area contributed by atoms with E-state index in [4.69, 9.17) is 0 Å². The van der Waals surface area contributed by atoms with E-state index in [1.165, 1.54) is 11.3 Å². The molecule has 1 heterocycles. The third-order valence-corrected chi connectivity index (χ3v) is 3.37. The SMILES string of the molecule is CCN(CC)c1ccc(-c2cscn2)cc1F. The van der Waals surface area contributed by atoms with Gasteiger partial charge in [-0.3, -0.25) is 0 Å². The van der Waals surface area contributed by atoms with Gasteiger partial charge < -0.3 is 4.90 Å². The van der Waals surface area contributed by atoms with Crippen molar-refractivity contribution in [3.8, 4) is 11.3 Å². The smallest absolute Gasteiger partial charge is 0.147 e. The van der Waals surface area contributed by atoms with Gasteiger partial charge in [-0.15, -0.1) is 11.3 Å². The monoisotopic (exact) mass is 250 g/mol. The molecule has 0 radical (unpaired) electrons. The predicted molar refractivity (Wildman–Crippen MR) is 71.1 cm³/mol. The average Bonchev–Trinajstić information content (AvgIpc) is 2.86. The summed E-state index contributed by atoms with van der Waals surface area (Å²) >= 11 is 1.52. The molecule has 0 N–H and O–H groups in total. The number of thiazole rings is 1. The molecule has 4 heteroatoms. The van der Waals surface area contributed by atoms with Gasteiger partial charge in [-0.1, -0.05) is 6.07 Å². The largest absolute Gasteiger partial charge is 0.370 e. The Balaban J connectivity index is 2.35. The van der Waals surface area contributed by atoms with E-state index in [1.54, 1.807) is 11.6 Å². The molecule has 0 saturated heterocycles. The fourth-order valence-corrected chi connectivity index (χ4v) is 2.40. The first kappa shape index (κ1) is 12.0. The minimum absolute atomic E-state index is 0.181. The Bertz CT molecular complexity index is 478. The minimum Gasteiger partial charge on any atom is -0.370 e. The van der Waals surface area contributed by atoms with E-state index in [0.29, 0.717) is 5.69 Å². The second kappa shape index (κ2) is 5.27. The van der Waals surface area contributed by atoms with Gasteiger partial charge in [-0.2, -0.15) is 0 Å². The van der Waals surface area contributed by atoms with Crippen LogP contribution < -0.4 is 4.90 Å². The van der Waals surface area contributed by atoms with Crippen molar-refractivity contribution in [3.63, 3.8) is 0 Å². The van der Waals surface area contributed by atoms with E-state index in [9.17, 15) is 4.39 Å². The topological polar surface area (TPSA) is 16.1 Å². The van der Waals surface area contributed by atoms with Gasteiger partial charge in [0.15, 0.2) is 0 Å². The maximum Gasteiger partial charge on any atom is 0.147 e. The highest BCUT2D eigenvalue weighted by Crippen LogP contribution is 2.26. The Morgan fingerprint density at radius 2 is 2.06 bits per heavy atom. The molecule has 2 aromatic rings. The van der Waals surface area contributed by atoms with Crippen molar-refractivity contribution in [2.75, 3.05) is 18.0 Å². The molecule has 0 bridgehead atoms. The van der Waals surface area contributed by atoms with Crippen LogP contribution >= 0.6 is 11.3 Å². The summed E-state index contributed by atoms with van der Waals surface area (Å²) < 4.78 is 14.0. The molecular formula is C13H15FN2S. The number of nitrogens with zero attached hydrogens (tertiary/aromatic N) is 2. The Morgan fingerprint density at radius 1 is 1.29 bits per heavy atom. The van der Waals surface area contributed by atoms with E-state index < -0.39 is 0 Å². The van der Waals surface area contributed by atoms with Crippen molar-refractivity contribution < 1.29 is 4.39 Å². The molecule has 0 spiro atoms. The normalized spacial score (nSPS) is 10.5. The van der Waals surface area contributed by atoms with Crippen LogP contribution in [0.2, 0.25) is 0 Å². The highest BCUT2D eigenvalue weighted by atomic mass is 32.1. The molecule has 1 aromatic carbocycles. The Kier molecular flexibility index (Phi) is 3.74. The van der Waals surface area contributed by atoms with Crippen LogP contribution in [0.1, 0.15) is 13.8 Å². The first-order valence-corrected chi connectivity index (χ1v) is 6.63. The lowest BCUT2D eigenvalue weighted by molar-refractivity contribution is 0.620. The first-order valence-electron chi connectivity index (χ1n) is 5.69. The van der Waals surface area contributed by atoms with Crippen LogP contribution in [0.15, 0.2) is 29.1 Å². The summed E-state index contributed by atoms with van der Waals surface area (Å²) in [5, 5.41) is 1.92. The Hall–Kier alpha value is -1.42. The number of hydrogen-bond acceptors (Lipinski definition) is 3. The van der Waals surface area contributed by atoms with E-state index >= 15 is 0 Å². The van der Waals surface area contributed by atoms with Crippen LogP contribution in [0.3, 0.4) is 0 Å². The van der Waals surface area contributed by atoms with Crippen LogP contribution in [-0.2, 0) is 0 Å². The lowest BCUT2D eigenvalue weighted by Gasteiger charge is -2.21. The Labute approximate surface area is 105 Å². The molecule has 1 aromatic heterocycles. The molecule has 0 unspecified atom stereocenters. The van der Waals surface area contributed by atoms with E-state index in [1.807, 2.05) is 36.3 Å². The summed E-state index contributed by atoms with van der Waals surface area (Å²) in [7, 11) is 0. The molecule has 0 aliphatic carbocycles. The summed E-state index contributed by atoms with van der Waals surface area (Å²) in [6, 6.07) is 5.31. The Morgan fingerprint density at radius 3 is 2.59 bits per heavy atom. The fourth-order valence-electron chi connectivity index (χ4n) is 1.84. The van der Waals surface area contributed by atoms with Crippen molar-refractivity contribution in [3.05, 3.63) is 34.9 Å². The zero-order chi connectivity index (χ0) is 12.3. The van der Waals surface area contributed by atoms with Gasteiger partial charge in [0.05, 0.1) is 16.9 Å². The molecule has 0 aliphatic rings. The highest BCUT2D eigenvalue weighted by molar-refractivity contribution is 7.07. The number of anilines is 1. The number of halogens is 1. The number of hydrogen-bond donors (Lipinski definition) is 0. The zero-order valence-corrected chi connectivity index (χ0v) is 10.8. The molecular weight excluding hydrogens is 235 g/mol. The maximum absolute atomic E-state index is 14.0. The van der Waals surface area contributed by atoms with Gasteiger partial charge in [-0.25, -0.2) is 9.37 Å². The molecule has 0 aliphatic heterocycles. The zero-order valence-electron chi connectivity index (χ0n) is 9.98. The van der Waals surface area contributed by atoms with E-state index in [2.05, 4.69) is 4.98 Å². The second-order valence-electron chi connectivity index (χ2n) is 3.71. The lowest BCUT2D eigenvalue weighted by Crippen LogP contribution is -2.22. The van der Waals surface area contributed by atoms with Crippen molar-refractivity contribution in [1.82, 2.24) is 4.98 Å². The quantitative estimate of drug-likeness (QED) is 0.820. The first-order chi connectivity index (χ1) is 8.26. The van der Waals surface area contributed by atoms with Gasteiger partial charge >= 0.3 is 0 Å². The van der Waals surface area contributed by atoms with Gasteiger partial charge in [0.1, 0.15) is 5.82 Å². The maximum atomic E-state index is 14.0.